The van der Waals surface area contributed by atoms with Crippen LogP contribution in [-0.4, -0.2) is 34.8 Å². The molecule has 0 spiro atoms. The monoisotopic (exact) mass is 547 g/mol. The number of aromatic nitrogens is 1. The number of benzene rings is 1. The highest BCUT2D eigenvalue weighted by atomic mass is 32.1. The molecule has 5 rings (SSSR count). The van der Waals surface area contributed by atoms with Gasteiger partial charge in [-0.2, -0.15) is 0 Å². The van der Waals surface area contributed by atoms with Crippen LogP contribution in [-0.2, 0) is 16.1 Å². The first-order chi connectivity index (χ1) is 18.9. The zero-order valence-corrected chi connectivity index (χ0v) is 24.1. The van der Waals surface area contributed by atoms with Crippen molar-refractivity contribution in [3.8, 4) is 0 Å². The third kappa shape index (κ3) is 6.46. The molecule has 6 nitrogen and oxygen atoms in total. The van der Waals surface area contributed by atoms with Crippen LogP contribution in [0.25, 0.3) is 10.2 Å². The van der Waals surface area contributed by atoms with Gasteiger partial charge in [-0.25, -0.2) is 0 Å². The van der Waals surface area contributed by atoms with Crippen molar-refractivity contribution in [2.45, 2.75) is 90.6 Å². The normalized spacial score (nSPS) is 20.2. The van der Waals surface area contributed by atoms with E-state index in [1.807, 2.05) is 60.2 Å². The molecule has 2 heterocycles. The molecule has 0 saturated heterocycles. The van der Waals surface area contributed by atoms with Crippen LogP contribution in [0.15, 0.2) is 41.8 Å². The van der Waals surface area contributed by atoms with Gasteiger partial charge in [0.05, 0.1) is 15.9 Å². The maximum atomic E-state index is 13.6. The summed E-state index contributed by atoms with van der Waals surface area (Å²) in [6.45, 7) is 4.71. The molecule has 0 bridgehead atoms. The lowest BCUT2D eigenvalue weighted by molar-refractivity contribution is -0.127. The number of hydrogen-bond acceptors (Lipinski definition) is 4. The first kappa shape index (κ1) is 27.6. The average Bonchev–Trinajstić information content (AvgIpc) is 3.53. The molecule has 2 saturated carbocycles. The number of carbonyl (C=O) groups is 3. The molecule has 0 aliphatic heterocycles. The van der Waals surface area contributed by atoms with E-state index in [0.717, 1.165) is 60.0 Å². The minimum atomic E-state index is -0.0228. The molecule has 208 valence electrons. The van der Waals surface area contributed by atoms with Crippen molar-refractivity contribution in [1.29, 1.82) is 0 Å². The Bertz CT molecular complexity index is 1310. The summed E-state index contributed by atoms with van der Waals surface area (Å²) in [6.07, 6.45) is 9.91. The number of ketones is 1. The topological polar surface area (TPSA) is 71.4 Å². The number of anilines is 1. The maximum absolute atomic E-state index is 13.6. The van der Waals surface area contributed by atoms with E-state index in [0.29, 0.717) is 24.7 Å². The minimum Gasteiger partial charge on any atom is -0.353 e. The number of aryl methyl sites for hydroxylation is 1. The Kier molecular flexibility index (Phi) is 8.85. The van der Waals surface area contributed by atoms with Crippen LogP contribution in [0.5, 0.6) is 0 Å². The zero-order valence-electron chi connectivity index (χ0n) is 23.3. The molecule has 0 unspecified atom stereocenters. The highest BCUT2D eigenvalue weighted by molar-refractivity contribution is 7.17. The number of likely N-dealkylation sites (N-methyl/N-ethyl adjacent to an activating group) is 1. The van der Waals surface area contributed by atoms with Crippen molar-refractivity contribution in [1.82, 2.24) is 9.88 Å². The van der Waals surface area contributed by atoms with Crippen molar-refractivity contribution in [3.63, 3.8) is 0 Å². The van der Waals surface area contributed by atoms with Gasteiger partial charge >= 0.3 is 0 Å². The van der Waals surface area contributed by atoms with Gasteiger partial charge in [0.1, 0.15) is 6.54 Å². The standard InChI is InChI=1S/C32H41N3O3S/c1-3-34(26-11-7-8-22(2)18-26)31(37)21-35-27-16-17-39-30(27)20-28(35)29(36)19-23-12-14-24(15-13-23)32(38)33-25-9-5-4-6-10-25/h7-8,11,16-18,20,23-25H,3-6,9-10,12-15,19,21H2,1-2H3,(H,33,38). The molecule has 2 aromatic heterocycles. The van der Waals surface area contributed by atoms with Crippen LogP contribution in [0.1, 0.15) is 87.2 Å². The molecular formula is C32H41N3O3S. The molecule has 39 heavy (non-hydrogen) atoms. The summed E-state index contributed by atoms with van der Waals surface area (Å²) < 4.78 is 2.95. The van der Waals surface area contributed by atoms with Crippen molar-refractivity contribution in [2.75, 3.05) is 11.4 Å². The number of amides is 2. The average molecular weight is 548 g/mol. The number of nitrogens with one attached hydrogen (secondary N) is 1. The zero-order chi connectivity index (χ0) is 27.4. The second-order valence-electron chi connectivity index (χ2n) is 11.5. The number of nitrogens with zero attached hydrogens (tertiary/aromatic N) is 2. The van der Waals surface area contributed by atoms with Gasteiger partial charge in [0.25, 0.3) is 0 Å². The fourth-order valence-corrected chi connectivity index (χ4v) is 7.28. The molecule has 2 amide bonds. The third-order valence-electron chi connectivity index (χ3n) is 8.68. The molecule has 7 heteroatoms. The number of carbonyl (C=O) groups excluding carboxylic acids is 3. The van der Waals surface area contributed by atoms with Gasteiger partial charge in [-0.3, -0.25) is 14.4 Å². The van der Waals surface area contributed by atoms with Crippen LogP contribution in [0.4, 0.5) is 5.69 Å². The van der Waals surface area contributed by atoms with Crippen LogP contribution in [0.3, 0.4) is 0 Å². The lowest BCUT2D eigenvalue weighted by Gasteiger charge is -2.30. The van der Waals surface area contributed by atoms with Gasteiger partial charge in [-0.15, -0.1) is 11.3 Å². The number of thiophene rings is 1. The fourth-order valence-electron chi connectivity index (χ4n) is 6.46. The summed E-state index contributed by atoms with van der Waals surface area (Å²) in [4.78, 5) is 41.7. The van der Waals surface area contributed by atoms with Gasteiger partial charge in [0.15, 0.2) is 5.78 Å². The smallest absolute Gasteiger partial charge is 0.246 e. The van der Waals surface area contributed by atoms with Crippen LogP contribution in [0, 0.1) is 18.8 Å². The largest absolute Gasteiger partial charge is 0.353 e. The minimum absolute atomic E-state index is 0.0228. The number of rotatable bonds is 9. The Labute approximate surface area is 235 Å². The SMILES string of the molecule is CCN(C(=O)Cn1c(C(=O)CC2CCC(C(=O)NC3CCCCC3)CC2)cc2sccc21)c1cccc(C)c1. The van der Waals surface area contributed by atoms with E-state index in [4.69, 9.17) is 0 Å². The summed E-state index contributed by atoms with van der Waals surface area (Å²) in [5.74, 6) is 0.651. The van der Waals surface area contributed by atoms with Crippen LogP contribution in [0.2, 0.25) is 0 Å². The fraction of sp³-hybridized carbons (Fsp3) is 0.531. The summed E-state index contributed by atoms with van der Waals surface area (Å²) in [6, 6.07) is 12.3. The summed E-state index contributed by atoms with van der Waals surface area (Å²) >= 11 is 1.60. The number of fused-ring (bicyclic) bond motifs is 1. The third-order valence-corrected chi connectivity index (χ3v) is 9.53. The summed E-state index contributed by atoms with van der Waals surface area (Å²) in [5, 5.41) is 5.30. The Morgan fingerprint density at radius 3 is 2.49 bits per heavy atom. The predicted molar refractivity (Wildman–Crippen MR) is 158 cm³/mol. The van der Waals surface area contributed by atoms with E-state index >= 15 is 0 Å². The molecule has 3 aromatic rings. The van der Waals surface area contributed by atoms with Gasteiger partial charge in [-0.1, -0.05) is 31.4 Å². The van der Waals surface area contributed by atoms with E-state index in [9.17, 15) is 14.4 Å². The van der Waals surface area contributed by atoms with E-state index < -0.39 is 0 Å². The van der Waals surface area contributed by atoms with E-state index in [1.54, 1.807) is 16.2 Å². The van der Waals surface area contributed by atoms with Gasteiger partial charge in [0, 0.05) is 30.6 Å². The quantitative estimate of drug-likeness (QED) is 0.297. The van der Waals surface area contributed by atoms with Gasteiger partial charge < -0.3 is 14.8 Å². The Balaban J connectivity index is 1.22. The molecular weight excluding hydrogens is 506 g/mol. The maximum Gasteiger partial charge on any atom is 0.246 e. The predicted octanol–water partition coefficient (Wildman–Crippen LogP) is 6.89. The van der Waals surface area contributed by atoms with E-state index in [1.165, 1.54) is 19.3 Å². The molecule has 2 fully saturated rings. The molecule has 0 radical (unpaired) electrons. The Hall–Kier alpha value is -2.93. The van der Waals surface area contributed by atoms with Crippen molar-refractivity contribution in [2.24, 2.45) is 11.8 Å². The number of hydrogen-bond donors (Lipinski definition) is 1. The lowest BCUT2D eigenvalue weighted by atomic mass is 9.79. The molecule has 1 N–H and O–H groups in total. The van der Waals surface area contributed by atoms with Gasteiger partial charge in [-0.05, 0) is 93.5 Å². The molecule has 2 aliphatic carbocycles. The second kappa shape index (κ2) is 12.5. The highest BCUT2D eigenvalue weighted by Gasteiger charge is 2.30. The summed E-state index contributed by atoms with van der Waals surface area (Å²) in [5.41, 5.74) is 3.56. The number of Topliss-reactive ketones (excluding diaryl/α,β-unsaturated/α-hetero) is 1. The second-order valence-corrected chi connectivity index (χ2v) is 12.4. The first-order valence-electron chi connectivity index (χ1n) is 14.7. The summed E-state index contributed by atoms with van der Waals surface area (Å²) in [7, 11) is 0. The lowest BCUT2D eigenvalue weighted by Crippen LogP contribution is -2.41. The van der Waals surface area contributed by atoms with Crippen molar-refractivity contribution < 1.29 is 14.4 Å². The van der Waals surface area contributed by atoms with E-state index in [2.05, 4.69) is 5.32 Å². The van der Waals surface area contributed by atoms with Crippen molar-refractivity contribution >= 4 is 44.8 Å². The Morgan fingerprint density at radius 2 is 1.77 bits per heavy atom. The first-order valence-corrected chi connectivity index (χ1v) is 15.6. The molecule has 0 atom stereocenters. The highest BCUT2D eigenvalue weighted by Crippen LogP contribution is 2.34. The van der Waals surface area contributed by atoms with E-state index in [-0.39, 0.29) is 36.0 Å². The van der Waals surface area contributed by atoms with Crippen LogP contribution < -0.4 is 10.2 Å². The van der Waals surface area contributed by atoms with Gasteiger partial charge in [0.2, 0.25) is 11.8 Å². The van der Waals surface area contributed by atoms with Crippen LogP contribution >= 0.6 is 11.3 Å². The molecule has 1 aromatic carbocycles. The Morgan fingerprint density at radius 1 is 1.00 bits per heavy atom. The van der Waals surface area contributed by atoms with Crippen molar-refractivity contribution in [3.05, 3.63) is 53.0 Å². The molecule has 2 aliphatic rings.